The number of rotatable bonds is 1. The minimum absolute atomic E-state index is 1.17. The molecule has 5 fully saturated rings. The molecule has 4 bridgehead atoms. The molecule has 5 saturated carbocycles. The van der Waals surface area contributed by atoms with Gasteiger partial charge in [0.2, 0.25) is 0 Å². The van der Waals surface area contributed by atoms with Gasteiger partial charge in [-0.25, -0.2) is 0 Å². The molecular weight excluding hydrogens is 216 g/mol. The second-order valence-electron chi connectivity index (χ2n) is 8.51. The molecule has 0 spiro atoms. The number of hydrogen-bond acceptors (Lipinski definition) is 0. The summed E-state index contributed by atoms with van der Waals surface area (Å²) in [7, 11) is 0. The highest BCUT2D eigenvalue weighted by Crippen LogP contribution is 2.65. The first-order valence-corrected chi connectivity index (χ1v) is 8.90. The molecule has 18 heavy (non-hydrogen) atoms. The molecule has 5 aliphatic rings. The molecule has 0 nitrogen and oxygen atoms in total. The topological polar surface area (TPSA) is 0 Å². The Bertz CT molecular complexity index is 346. The summed E-state index contributed by atoms with van der Waals surface area (Å²) in [5.41, 5.74) is 0. The third-order valence-electron chi connectivity index (χ3n) is 8.07. The second kappa shape index (κ2) is 3.76. The van der Waals surface area contributed by atoms with E-state index in [0.717, 1.165) is 0 Å². The van der Waals surface area contributed by atoms with Gasteiger partial charge in [0, 0.05) is 0 Å². The molecule has 0 aromatic carbocycles. The highest BCUT2D eigenvalue weighted by Gasteiger charge is 2.56. The van der Waals surface area contributed by atoms with Crippen LogP contribution in [0.15, 0.2) is 0 Å². The summed E-state index contributed by atoms with van der Waals surface area (Å²) in [5.74, 6) is 9.52. The maximum Gasteiger partial charge on any atom is -0.0349 e. The third kappa shape index (κ3) is 1.33. The van der Waals surface area contributed by atoms with E-state index < -0.39 is 0 Å². The van der Waals surface area contributed by atoms with Crippen molar-refractivity contribution in [1.82, 2.24) is 0 Å². The average molecular weight is 244 g/mol. The van der Waals surface area contributed by atoms with Crippen molar-refractivity contribution in [3.8, 4) is 0 Å². The Hall–Kier alpha value is 0. The summed E-state index contributed by atoms with van der Waals surface area (Å²) in [4.78, 5) is 0. The minimum atomic E-state index is 1.17. The van der Waals surface area contributed by atoms with Crippen LogP contribution in [-0.4, -0.2) is 0 Å². The van der Waals surface area contributed by atoms with Crippen LogP contribution in [0.2, 0.25) is 0 Å². The fourth-order valence-electron chi connectivity index (χ4n) is 7.60. The predicted octanol–water partition coefficient (Wildman–Crippen LogP) is 4.89. The van der Waals surface area contributed by atoms with Crippen LogP contribution in [-0.2, 0) is 0 Å². The highest BCUT2D eigenvalue weighted by atomic mass is 14.6. The first-order valence-electron chi connectivity index (χ1n) is 8.90. The van der Waals surface area contributed by atoms with Crippen LogP contribution in [0, 0.1) is 47.3 Å². The lowest BCUT2D eigenvalue weighted by Gasteiger charge is -2.43. The van der Waals surface area contributed by atoms with Crippen LogP contribution in [0.3, 0.4) is 0 Å². The van der Waals surface area contributed by atoms with E-state index >= 15 is 0 Å². The largest absolute Gasteiger partial charge is 0.0530 e. The molecule has 0 heterocycles. The van der Waals surface area contributed by atoms with Crippen molar-refractivity contribution in [3.05, 3.63) is 0 Å². The Morgan fingerprint density at radius 2 is 1.22 bits per heavy atom. The van der Waals surface area contributed by atoms with Gasteiger partial charge in [-0.1, -0.05) is 19.3 Å². The third-order valence-corrected chi connectivity index (χ3v) is 8.07. The van der Waals surface area contributed by atoms with E-state index in [0.29, 0.717) is 0 Å². The maximum atomic E-state index is 1.67. The van der Waals surface area contributed by atoms with E-state index in [-0.39, 0.29) is 0 Å². The van der Waals surface area contributed by atoms with Crippen molar-refractivity contribution in [2.24, 2.45) is 47.3 Å². The van der Waals surface area contributed by atoms with E-state index in [9.17, 15) is 0 Å². The molecule has 5 rings (SSSR count). The molecule has 8 unspecified atom stereocenters. The second-order valence-corrected chi connectivity index (χ2v) is 8.51. The monoisotopic (exact) mass is 244 g/mol. The maximum absolute atomic E-state index is 1.67. The van der Waals surface area contributed by atoms with Crippen molar-refractivity contribution in [1.29, 1.82) is 0 Å². The van der Waals surface area contributed by atoms with Crippen molar-refractivity contribution in [2.75, 3.05) is 0 Å². The fraction of sp³-hybridized carbons (Fsp3) is 1.00. The molecule has 0 radical (unpaired) electrons. The van der Waals surface area contributed by atoms with Gasteiger partial charge in [0.1, 0.15) is 0 Å². The highest BCUT2D eigenvalue weighted by molar-refractivity contribution is 5.06. The van der Waals surface area contributed by atoms with Gasteiger partial charge in [-0.05, 0) is 92.3 Å². The fourth-order valence-corrected chi connectivity index (χ4v) is 7.60. The molecule has 5 aliphatic carbocycles. The van der Waals surface area contributed by atoms with Crippen molar-refractivity contribution in [2.45, 2.75) is 64.2 Å². The first-order chi connectivity index (χ1) is 8.90. The van der Waals surface area contributed by atoms with Crippen molar-refractivity contribution in [3.63, 3.8) is 0 Å². The zero-order valence-corrected chi connectivity index (χ0v) is 11.7. The van der Waals surface area contributed by atoms with Crippen molar-refractivity contribution >= 4 is 0 Å². The number of fused-ring (bicyclic) bond motifs is 7. The van der Waals surface area contributed by atoms with Gasteiger partial charge in [0.15, 0.2) is 0 Å². The Balaban J connectivity index is 1.38. The molecule has 0 aromatic rings. The van der Waals surface area contributed by atoms with Gasteiger partial charge in [-0.2, -0.15) is 0 Å². The summed E-state index contributed by atoms with van der Waals surface area (Å²) in [5, 5.41) is 0. The van der Waals surface area contributed by atoms with Gasteiger partial charge < -0.3 is 0 Å². The average Bonchev–Trinajstić information content (AvgIpc) is 3.17. The summed E-state index contributed by atoms with van der Waals surface area (Å²) in [6.07, 6.45) is 16.1. The molecule has 0 heteroatoms. The molecule has 8 atom stereocenters. The van der Waals surface area contributed by atoms with Crippen molar-refractivity contribution < 1.29 is 0 Å². The summed E-state index contributed by atoms with van der Waals surface area (Å²) >= 11 is 0. The number of hydrogen-bond donors (Lipinski definition) is 0. The summed E-state index contributed by atoms with van der Waals surface area (Å²) in [6.45, 7) is 0. The van der Waals surface area contributed by atoms with Crippen LogP contribution in [0.4, 0.5) is 0 Å². The lowest BCUT2D eigenvalue weighted by atomic mass is 9.62. The molecule has 100 valence electrons. The Kier molecular flexibility index (Phi) is 2.25. The first kappa shape index (κ1) is 10.7. The lowest BCUT2D eigenvalue weighted by molar-refractivity contribution is 0.0648. The smallest absolute Gasteiger partial charge is 0.0349 e. The minimum Gasteiger partial charge on any atom is -0.0530 e. The SMILES string of the molecule is C1CCC2C(C1)C1CC(C3CC4CCC3C4)C2C1. The summed E-state index contributed by atoms with van der Waals surface area (Å²) < 4.78 is 0. The lowest BCUT2D eigenvalue weighted by Crippen LogP contribution is -2.35. The standard InChI is InChI=1S/C18H28/c1-2-4-15-14(3-1)13-9-17(15)18(10-13)16-8-11-5-6-12(16)7-11/h11-18H,1-10H2. The van der Waals surface area contributed by atoms with E-state index in [2.05, 4.69) is 0 Å². The normalized spacial score (nSPS) is 61.3. The van der Waals surface area contributed by atoms with E-state index in [4.69, 9.17) is 0 Å². The van der Waals surface area contributed by atoms with Gasteiger partial charge in [0.05, 0.1) is 0 Å². The molecule has 0 N–H and O–H groups in total. The Labute approximate surface area is 112 Å². The van der Waals surface area contributed by atoms with E-state index in [1.807, 2.05) is 0 Å². The van der Waals surface area contributed by atoms with Gasteiger partial charge >= 0.3 is 0 Å². The zero-order valence-electron chi connectivity index (χ0n) is 11.7. The van der Waals surface area contributed by atoms with E-state index in [1.165, 1.54) is 47.3 Å². The molecule has 0 saturated heterocycles. The van der Waals surface area contributed by atoms with Gasteiger partial charge in [-0.3, -0.25) is 0 Å². The Morgan fingerprint density at radius 3 is 1.94 bits per heavy atom. The summed E-state index contributed by atoms with van der Waals surface area (Å²) in [6, 6.07) is 0. The zero-order chi connectivity index (χ0) is 11.7. The quantitative estimate of drug-likeness (QED) is 0.616. The Morgan fingerprint density at radius 1 is 0.444 bits per heavy atom. The molecular formula is C18H28. The van der Waals surface area contributed by atoms with Gasteiger partial charge in [0.25, 0.3) is 0 Å². The van der Waals surface area contributed by atoms with Crippen LogP contribution >= 0.6 is 0 Å². The van der Waals surface area contributed by atoms with Gasteiger partial charge in [-0.15, -0.1) is 0 Å². The van der Waals surface area contributed by atoms with Crippen LogP contribution < -0.4 is 0 Å². The van der Waals surface area contributed by atoms with Crippen LogP contribution in [0.1, 0.15) is 64.2 Å². The molecule has 0 aromatic heterocycles. The predicted molar refractivity (Wildman–Crippen MR) is 74.1 cm³/mol. The molecule has 0 amide bonds. The van der Waals surface area contributed by atoms with Crippen LogP contribution in [0.5, 0.6) is 0 Å². The van der Waals surface area contributed by atoms with Crippen LogP contribution in [0.25, 0.3) is 0 Å². The molecule has 0 aliphatic heterocycles. The van der Waals surface area contributed by atoms with E-state index in [1.54, 1.807) is 64.2 Å².